The van der Waals surface area contributed by atoms with Crippen LogP contribution in [0.2, 0.25) is 0 Å². The lowest BCUT2D eigenvalue weighted by Crippen LogP contribution is -2.37. The van der Waals surface area contributed by atoms with E-state index in [1.54, 1.807) is 0 Å². The average molecular weight is 419 g/mol. The molecule has 1 amide bonds. The number of ether oxygens (including phenoxy) is 2. The maximum Gasteiger partial charge on any atom is 0.261 e. The van der Waals surface area contributed by atoms with Crippen LogP contribution in [0.25, 0.3) is 10.8 Å². The molecule has 1 aliphatic rings. The third-order valence-corrected chi connectivity index (χ3v) is 5.68. The standard InChI is InChI=1S/C26H30N2O3/c1-2-24(31-25-9-5-7-22-6-3-4-8-23(22)25)26(29)27-18-20-10-12-21(13-11-20)19-28-14-16-30-17-15-28/h3-13,24H,2,14-19H2,1H3,(H,27,29). The van der Waals surface area contributed by atoms with Gasteiger partial charge in [-0.2, -0.15) is 0 Å². The van der Waals surface area contributed by atoms with Gasteiger partial charge in [0, 0.05) is 31.6 Å². The van der Waals surface area contributed by atoms with Crippen LogP contribution in [0.4, 0.5) is 0 Å². The first-order valence-corrected chi connectivity index (χ1v) is 11.0. The molecule has 3 aromatic carbocycles. The summed E-state index contributed by atoms with van der Waals surface area (Å²) in [6.07, 6.45) is 0.0829. The summed E-state index contributed by atoms with van der Waals surface area (Å²) in [6, 6.07) is 22.4. The van der Waals surface area contributed by atoms with Crippen LogP contribution in [-0.2, 0) is 22.6 Å². The predicted octanol–water partition coefficient (Wildman–Crippen LogP) is 4.15. The van der Waals surface area contributed by atoms with Crippen LogP contribution in [0.5, 0.6) is 5.75 Å². The minimum Gasteiger partial charge on any atom is -0.480 e. The van der Waals surface area contributed by atoms with Crippen LogP contribution in [0.1, 0.15) is 24.5 Å². The number of nitrogens with zero attached hydrogens (tertiary/aromatic N) is 1. The number of rotatable bonds is 8. The van der Waals surface area contributed by atoms with Gasteiger partial charge in [-0.15, -0.1) is 0 Å². The fourth-order valence-electron chi connectivity index (χ4n) is 3.86. The minimum atomic E-state index is -0.522. The Labute approximate surface area is 184 Å². The lowest BCUT2D eigenvalue weighted by atomic mass is 10.1. The van der Waals surface area contributed by atoms with Crippen LogP contribution in [-0.4, -0.2) is 43.2 Å². The number of nitrogens with one attached hydrogen (secondary N) is 1. The zero-order valence-electron chi connectivity index (χ0n) is 18.0. The number of hydrogen-bond acceptors (Lipinski definition) is 4. The molecular weight excluding hydrogens is 388 g/mol. The van der Waals surface area contributed by atoms with E-state index in [4.69, 9.17) is 9.47 Å². The van der Waals surface area contributed by atoms with Crippen LogP contribution < -0.4 is 10.1 Å². The second-order valence-corrected chi connectivity index (χ2v) is 7.91. The summed E-state index contributed by atoms with van der Waals surface area (Å²) >= 11 is 0. The van der Waals surface area contributed by atoms with Gasteiger partial charge < -0.3 is 14.8 Å². The van der Waals surface area contributed by atoms with Crippen molar-refractivity contribution in [3.05, 3.63) is 77.9 Å². The molecule has 0 bridgehead atoms. The highest BCUT2D eigenvalue weighted by atomic mass is 16.5. The Balaban J connectivity index is 1.32. The third kappa shape index (κ3) is 5.63. The van der Waals surface area contributed by atoms with Gasteiger partial charge in [0.2, 0.25) is 0 Å². The number of carbonyl (C=O) groups excluding carboxylic acids is 1. The molecule has 4 rings (SSSR count). The van der Waals surface area contributed by atoms with Crippen molar-refractivity contribution in [3.63, 3.8) is 0 Å². The lowest BCUT2D eigenvalue weighted by molar-refractivity contribution is -0.128. The minimum absolute atomic E-state index is 0.0900. The number of benzene rings is 3. The number of carbonyl (C=O) groups is 1. The molecular formula is C26H30N2O3. The van der Waals surface area contributed by atoms with Crippen LogP contribution in [0.15, 0.2) is 66.7 Å². The Bertz CT molecular complexity index is 992. The highest BCUT2D eigenvalue weighted by Gasteiger charge is 2.19. The Hall–Kier alpha value is -2.89. The summed E-state index contributed by atoms with van der Waals surface area (Å²) in [5.74, 6) is 0.653. The molecule has 1 saturated heterocycles. The Morgan fingerprint density at radius 1 is 1.00 bits per heavy atom. The maximum absolute atomic E-state index is 12.8. The molecule has 1 fully saturated rings. The van der Waals surface area contributed by atoms with Crippen molar-refractivity contribution >= 4 is 16.7 Å². The van der Waals surface area contributed by atoms with E-state index in [1.807, 2.05) is 49.4 Å². The fraction of sp³-hybridized carbons (Fsp3) is 0.346. The summed E-state index contributed by atoms with van der Waals surface area (Å²) in [5.41, 5.74) is 2.36. The van der Waals surface area contributed by atoms with Crippen molar-refractivity contribution in [2.75, 3.05) is 26.3 Å². The SMILES string of the molecule is CCC(Oc1cccc2ccccc12)C(=O)NCc1ccc(CN2CCOCC2)cc1. The van der Waals surface area contributed by atoms with Gasteiger partial charge in [0.05, 0.1) is 13.2 Å². The number of fused-ring (bicyclic) bond motifs is 1. The zero-order chi connectivity index (χ0) is 21.5. The quantitative estimate of drug-likeness (QED) is 0.597. The molecule has 3 aromatic rings. The van der Waals surface area contributed by atoms with Crippen molar-refractivity contribution in [2.24, 2.45) is 0 Å². The summed E-state index contributed by atoms with van der Waals surface area (Å²) in [4.78, 5) is 15.2. The van der Waals surface area contributed by atoms with Crippen molar-refractivity contribution in [2.45, 2.75) is 32.5 Å². The van der Waals surface area contributed by atoms with Gasteiger partial charge in [-0.05, 0) is 29.0 Å². The van der Waals surface area contributed by atoms with E-state index in [-0.39, 0.29) is 5.91 Å². The summed E-state index contributed by atoms with van der Waals surface area (Å²) < 4.78 is 11.5. The van der Waals surface area contributed by atoms with Crippen molar-refractivity contribution in [1.82, 2.24) is 10.2 Å². The molecule has 31 heavy (non-hydrogen) atoms. The molecule has 0 saturated carbocycles. The molecule has 1 N–H and O–H groups in total. The van der Waals surface area contributed by atoms with Crippen LogP contribution in [0, 0.1) is 0 Å². The molecule has 162 valence electrons. The Morgan fingerprint density at radius 3 is 2.48 bits per heavy atom. The zero-order valence-corrected chi connectivity index (χ0v) is 18.0. The van der Waals surface area contributed by atoms with Crippen molar-refractivity contribution in [1.29, 1.82) is 0 Å². The molecule has 1 aliphatic heterocycles. The third-order valence-electron chi connectivity index (χ3n) is 5.68. The summed E-state index contributed by atoms with van der Waals surface area (Å²) in [5, 5.41) is 5.15. The Kier molecular flexibility index (Phi) is 7.18. The second-order valence-electron chi connectivity index (χ2n) is 7.91. The monoisotopic (exact) mass is 418 g/mol. The molecule has 1 unspecified atom stereocenters. The van der Waals surface area contributed by atoms with Crippen LogP contribution in [0.3, 0.4) is 0 Å². The van der Waals surface area contributed by atoms with Gasteiger partial charge in [0.1, 0.15) is 5.75 Å². The van der Waals surface area contributed by atoms with Gasteiger partial charge in [-0.3, -0.25) is 9.69 Å². The van der Waals surface area contributed by atoms with E-state index in [0.717, 1.165) is 54.9 Å². The van der Waals surface area contributed by atoms with Crippen molar-refractivity contribution in [3.8, 4) is 5.75 Å². The molecule has 5 heteroatoms. The van der Waals surface area contributed by atoms with E-state index in [0.29, 0.717) is 13.0 Å². The number of morpholine rings is 1. The number of hydrogen-bond donors (Lipinski definition) is 1. The maximum atomic E-state index is 12.8. The second kappa shape index (κ2) is 10.4. The topological polar surface area (TPSA) is 50.8 Å². The molecule has 5 nitrogen and oxygen atoms in total. The molecule has 0 aromatic heterocycles. The van der Waals surface area contributed by atoms with Gasteiger partial charge in [-0.25, -0.2) is 0 Å². The highest BCUT2D eigenvalue weighted by molar-refractivity contribution is 5.89. The van der Waals surface area contributed by atoms with Crippen LogP contribution >= 0.6 is 0 Å². The van der Waals surface area contributed by atoms with E-state index in [1.165, 1.54) is 5.56 Å². The first-order chi connectivity index (χ1) is 15.2. The number of amides is 1. The highest BCUT2D eigenvalue weighted by Crippen LogP contribution is 2.26. The molecule has 1 atom stereocenters. The lowest BCUT2D eigenvalue weighted by Gasteiger charge is -2.26. The Morgan fingerprint density at radius 2 is 1.71 bits per heavy atom. The van der Waals surface area contributed by atoms with E-state index >= 15 is 0 Å². The van der Waals surface area contributed by atoms with E-state index in [2.05, 4.69) is 34.5 Å². The molecule has 0 aliphatic carbocycles. The largest absolute Gasteiger partial charge is 0.480 e. The summed E-state index contributed by atoms with van der Waals surface area (Å²) in [6.45, 7) is 6.97. The normalized spacial score (nSPS) is 15.5. The first kappa shape index (κ1) is 21.3. The summed E-state index contributed by atoms with van der Waals surface area (Å²) in [7, 11) is 0. The predicted molar refractivity (Wildman–Crippen MR) is 123 cm³/mol. The smallest absolute Gasteiger partial charge is 0.261 e. The molecule has 1 heterocycles. The fourth-order valence-corrected chi connectivity index (χ4v) is 3.86. The van der Waals surface area contributed by atoms with Gasteiger partial charge in [0.15, 0.2) is 6.10 Å². The first-order valence-electron chi connectivity index (χ1n) is 11.0. The van der Waals surface area contributed by atoms with E-state index < -0.39 is 6.10 Å². The molecule has 0 spiro atoms. The van der Waals surface area contributed by atoms with Gasteiger partial charge in [0.25, 0.3) is 5.91 Å². The van der Waals surface area contributed by atoms with Gasteiger partial charge in [-0.1, -0.05) is 67.6 Å². The van der Waals surface area contributed by atoms with Crippen molar-refractivity contribution < 1.29 is 14.3 Å². The van der Waals surface area contributed by atoms with Gasteiger partial charge >= 0.3 is 0 Å². The molecule has 0 radical (unpaired) electrons. The average Bonchev–Trinajstić information content (AvgIpc) is 2.82. The van der Waals surface area contributed by atoms with E-state index in [9.17, 15) is 4.79 Å².